The molecule has 1 fully saturated rings. The Morgan fingerprint density at radius 3 is 3.00 bits per heavy atom. The fraction of sp³-hybridized carbons (Fsp3) is 0.600. The summed E-state index contributed by atoms with van der Waals surface area (Å²) in [5.74, 6) is -0.161. The number of hydrogen-bond acceptors (Lipinski definition) is 2. The second kappa shape index (κ2) is 5.81. The van der Waals surface area contributed by atoms with Crippen molar-refractivity contribution in [1.82, 2.24) is 5.32 Å². The van der Waals surface area contributed by atoms with E-state index in [0.29, 0.717) is 6.04 Å². The predicted octanol–water partition coefficient (Wildman–Crippen LogP) is 2.92. The van der Waals surface area contributed by atoms with E-state index in [1.807, 2.05) is 6.07 Å². The summed E-state index contributed by atoms with van der Waals surface area (Å²) in [7, 11) is 0. The molecule has 0 radical (unpaired) electrons. The smallest absolute Gasteiger partial charge is 0.123 e. The molecule has 1 aromatic carbocycles. The Hall–Kier alpha value is -0.930. The molecule has 1 aliphatic heterocycles. The lowest BCUT2D eigenvalue weighted by Gasteiger charge is -2.26. The van der Waals surface area contributed by atoms with Crippen molar-refractivity contribution < 1.29 is 9.13 Å². The third-order valence-corrected chi connectivity index (χ3v) is 3.56. The molecule has 0 saturated carbocycles. The van der Waals surface area contributed by atoms with Gasteiger partial charge in [-0.3, -0.25) is 0 Å². The van der Waals surface area contributed by atoms with E-state index in [1.165, 1.54) is 6.07 Å². The van der Waals surface area contributed by atoms with Gasteiger partial charge in [0.2, 0.25) is 0 Å². The summed E-state index contributed by atoms with van der Waals surface area (Å²) >= 11 is 0. The number of halogens is 1. The second-order valence-electron chi connectivity index (χ2n) is 5.52. The zero-order chi connectivity index (χ0) is 13.0. The van der Waals surface area contributed by atoms with Crippen LogP contribution in [0.5, 0.6) is 0 Å². The van der Waals surface area contributed by atoms with E-state index >= 15 is 0 Å². The maximum atomic E-state index is 13.1. The third-order valence-electron chi connectivity index (χ3n) is 3.56. The van der Waals surface area contributed by atoms with Gasteiger partial charge in [-0.2, -0.15) is 0 Å². The van der Waals surface area contributed by atoms with E-state index in [1.54, 1.807) is 12.1 Å². The van der Waals surface area contributed by atoms with Gasteiger partial charge < -0.3 is 10.1 Å². The van der Waals surface area contributed by atoms with Crippen LogP contribution in [0.15, 0.2) is 24.3 Å². The number of ether oxygens (including phenoxy) is 1. The van der Waals surface area contributed by atoms with Crippen molar-refractivity contribution in [3.63, 3.8) is 0 Å². The predicted molar refractivity (Wildman–Crippen MR) is 71.2 cm³/mol. The molecule has 1 saturated heterocycles. The first-order valence-electron chi connectivity index (χ1n) is 6.69. The molecule has 0 aromatic heterocycles. The highest BCUT2D eigenvalue weighted by Crippen LogP contribution is 2.24. The first-order valence-corrected chi connectivity index (χ1v) is 6.69. The Balaban J connectivity index is 1.80. The Morgan fingerprint density at radius 2 is 2.33 bits per heavy atom. The maximum absolute atomic E-state index is 13.1. The van der Waals surface area contributed by atoms with Crippen LogP contribution >= 0.6 is 0 Å². The van der Waals surface area contributed by atoms with Crippen molar-refractivity contribution in [2.75, 3.05) is 13.2 Å². The molecule has 2 atom stereocenters. The highest BCUT2D eigenvalue weighted by Gasteiger charge is 2.29. The zero-order valence-corrected chi connectivity index (χ0v) is 11.2. The Bertz CT molecular complexity index is 388. The summed E-state index contributed by atoms with van der Waals surface area (Å²) in [6, 6.07) is 7.14. The van der Waals surface area contributed by atoms with E-state index in [4.69, 9.17) is 4.74 Å². The fourth-order valence-electron chi connectivity index (χ4n) is 2.46. The van der Waals surface area contributed by atoms with Crippen molar-refractivity contribution in [2.45, 2.75) is 44.8 Å². The van der Waals surface area contributed by atoms with Crippen LogP contribution in [0, 0.1) is 5.82 Å². The monoisotopic (exact) mass is 251 g/mol. The minimum atomic E-state index is -0.161. The van der Waals surface area contributed by atoms with Crippen LogP contribution in [0.1, 0.15) is 32.3 Å². The molecule has 0 spiro atoms. The van der Waals surface area contributed by atoms with Crippen molar-refractivity contribution in [3.8, 4) is 0 Å². The van der Waals surface area contributed by atoms with E-state index in [2.05, 4.69) is 19.2 Å². The topological polar surface area (TPSA) is 21.3 Å². The lowest BCUT2D eigenvalue weighted by Crippen LogP contribution is -2.41. The van der Waals surface area contributed by atoms with Crippen LogP contribution in [0.2, 0.25) is 0 Å². The number of rotatable bonds is 5. The van der Waals surface area contributed by atoms with Gasteiger partial charge in [0.1, 0.15) is 5.82 Å². The zero-order valence-electron chi connectivity index (χ0n) is 11.2. The van der Waals surface area contributed by atoms with Gasteiger partial charge >= 0.3 is 0 Å². The van der Waals surface area contributed by atoms with Crippen molar-refractivity contribution in [2.24, 2.45) is 0 Å². The molecule has 0 aliphatic carbocycles. The Labute approximate surface area is 109 Å². The molecular weight excluding hydrogens is 229 g/mol. The van der Waals surface area contributed by atoms with Gasteiger partial charge in [0.25, 0.3) is 0 Å². The molecule has 0 amide bonds. The SMILES string of the molecule is CC(Cc1cccc(F)c1)NCC1(C)CCCO1. The molecule has 2 nitrogen and oxygen atoms in total. The fourth-order valence-corrected chi connectivity index (χ4v) is 2.46. The molecule has 1 aliphatic rings. The van der Waals surface area contributed by atoms with Gasteiger partial charge in [0.05, 0.1) is 5.60 Å². The summed E-state index contributed by atoms with van der Waals surface area (Å²) in [4.78, 5) is 0. The Kier molecular flexibility index (Phi) is 4.36. The van der Waals surface area contributed by atoms with Crippen molar-refractivity contribution >= 4 is 0 Å². The minimum Gasteiger partial charge on any atom is -0.374 e. The summed E-state index contributed by atoms with van der Waals surface area (Å²) in [5, 5.41) is 3.49. The molecular formula is C15H22FNO. The average molecular weight is 251 g/mol. The van der Waals surface area contributed by atoms with Crippen LogP contribution in [-0.4, -0.2) is 24.8 Å². The first-order chi connectivity index (χ1) is 8.57. The number of hydrogen-bond donors (Lipinski definition) is 1. The van der Waals surface area contributed by atoms with Crippen molar-refractivity contribution in [3.05, 3.63) is 35.6 Å². The van der Waals surface area contributed by atoms with Crippen LogP contribution in [0.4, 0.5) is 4.39 Å². The summed E-state index contributed by atoms with van der Waals surface area (Å²) in [5.41, 5.74) is 1.02. The molecule has 2 rings (SSSR count). The van der Waals surface area contributed by atoms with Crippen LogP contribution in [0.3, 0.4) is 0 Å². The van der Waals surface area contributed by atoms with Gasteiger partial charge in [0, 0.05) is 19.2 Å². The van der Waals surface area contributed by atoms with E-state index in [-0.39, 0.29) is 11.4 Å². The van der Waals surface area contributed by atoms with Crippen LogP contribution < -0.4 is 5.32 Å². The summed E-state index contributed by atoms with van der Waals surface area (Å²) in [6.45, 7) is 6.02. The van der Waals surface area contributed by atoms with Gasteiger partial charge in [-0.25, -0.2) is 4.39 Å². The highest BCUT2D eigenvalue weighted by atomic mass is 19.1. The normalized spacial score (nSPS) is 25.3. The largest absolute Gasteiger partial charge is 0.374 e. The quantitative estimate of drug-likeness (QED) is 0.868. The standard InChI is InChI=1S/C15H22FNO/c1-12(9-13-5-3-6-14(16)10-13)17-11-15(2)7-4-8-18-15/h3,5-6,10,12,17H,4,7-9,11H2,1-2H3. The van der Waals surface area contributed by atoms with Gasteiger partial charge in [-0.05, 0) is 50.8 Å². The van der Waals surface area contributed by atoms with Gasteiger partial charge in [-0.15, -0.1) is 0 Å². The molecule has 2 unspecified atom stereocenters. The van der Waals surface area contributed by atoms with Crippen LogP contribution in [-0.2, 0) is 11.2 Å². The van der Waals surface area contributed by atoms with E-state index < -0.39 is 0 Å². The summed E-state index contributed by atoms with van der Waals surface area (Å²) in [6.07, 6.45) is 3.11. The Morgan fingerprint density at radius 1 is 1.50 bits per heavy atom. The number of benzene rings is 1. The third kappa shape index (κ3) is 3.79. The molecule has 18 heavy (non-hydrogen) atoms. The summed E-state index contributed by atoms with van der Waals surface area (Å²) < 4.78 is 18.8. The van der Waals surface area contributed by atoms with Gasteiger partial charge in [-0.1, -0.05) is 12.1 Å². The number of nitrogens with one attached hydrogen (secondary N) is 1. The molecule has 100 valence electrons. The average Bonchev–Trinajstić information content (AvgIpc) is 2.74. The lowest BCUT2D eigenvalue weighted by atomic mass is 10.0. The minimum absolute atomic E-state index is 0.0177. The van der Waals surface area contributed by atoms with E-state index in [9.17, 15) is 4.39 Å². The molecule has 1 aromatic rings. The van der Waals surface area contributed by atoms with Crippen LogP contribution in [0.25, 0.3) is 0 Å². The maximum Gasteiger partial charge on any atom is 0.123 e. The molecule has 1 N–H and O–H groups in total. The molecule has 0 bridgehead atoms. The van der Waals surface area contributed by atoms with Crippen molar-refractivity contribution in [1.29, 1.82) is 0 Å². The second-order valence-corrected chi connectivity index (χ2v) is 5.52. The lowest BCUT2D eigenvalue weighted by molar-refractivity contribution is 0.0191. The molecule has 1 heterocycles. The highest BCUT2D eigenvalue weighted by molar-refractivity contribution is 5.17. The van der Waals surface area contributed by atoms with E-state index in [0.717, 1.165) is 38.0 Å². The van der Waals surface area contributed by atoms with Gasteiger partial charge in [0.15, 0.2) is 0 Å². The first kappa shape index (κ1) is 13.5. The molecule has 3 heteroatoms.